The van der Waals surface area contributed by atoms with Gasteiger partial charge in [-0.3, -0.25) is 4.79 Å². The quantitative estimate of drug-likeness (QED) is 0.908. The van der Waals surface area contributed by atoms with Crippen LogP contribution in [0.4, 0.5) is 5.69 Å². The lowest BCUT2D eigenvalue weighted by Crippen LogP contribution is -2.20. The van der Waals surface area contributed by atoms with E-state index in [0.717, 1.165) is 5.56 Å². The Morgan fingerprint density at radius 2 is 2.15 bits per heavy atom. The number of methoxy groups -OCH3 is 1. The van der Waals surface area contributed by atoms with Crippen molar-refractivity contribution in [3.8, 4) is 11.6 Å². The molecule has 0 atom stereocenters. The smallest absolute Gasteiger partial charge is 0.262 e. The van der Waals surface area contributed by atoms with E-state index < -0.39 is 0 Å². The molecule has 104 valence electrons. The van der Waals surface area contributed by atoms with Gasteiger partial charge in [0.2, 0.25) is 5.88 Å². The van der Waals surface area contributed by atoms with Crippen molar-refractivity contribution >= 4 is 11.6 Å². The Labute approximate surface area is 117 Å². The number of carbonyl (C=O) groups excluding carboxylic acids is 1. The molecular formula is C15H16N2O3. The molecule has 0 bridgehead atoms. The number of ether oxygens (including phenoxy) is 2. The van der Waals surface area contributed by atoms with E-state index in [9.17, 15) is 4.79 Å². The predicted molar refractivity (Wildman–Crippen MR) is 76.1 cm³/mol. The van der Waals surface area contributed by atoms with Crippen LogP contribution in [0.5, 0.6) is 11.6 Å². The molecule has 5 heteroatoms. The lowest BCUT2D eigenvalue weighted by Gasteiger charge is -2.08. The topological polar surface area (TPSA) is 60.5 Å². The monoisotopic (exact) mass is 272 g/mol. The van der Waals surface area contributed by atoms with E-state index >= 15 is 0 Å². The van der Waals surface area contributed by atoms with Crippen molar-refractivity contribution in [1.29, 1.82) is 0 Å². The van der Waals surface area contributed by atoms with Crippen LogP contribution in [-0.2, 0) is 4.79 Å². The summed E-state index contributed by atoms with van der Waals surface area (Å²) in [6.07, 6.45) is 1.53. The van der Waals surface area contributed by atoms with Crippen molar-refractivity contribution in [3.05, 3.63) is 48.2 Å². The number of rotatable bonds is 5. The molecule has 2 rings (SSSR count). The first kappa shape index (κ1) is 13.9. The van der Waals surface area contributed by atoms with Crippen molar-refractivity contribution in [2.24, 2.45) is 0 Å². The molecule has 0 radical (unpaired) electrons. The lowest BCUT2D eigenvalue weighted by atomic mass is 10.2. The third-order valence-corrected chi connectivity index (χ3v) is 2.59. The van der Waals surface area contributed by atoms with Crippen LogP contribution in [-0.4, -0.2) is 24.6 Å². The minimum absolute atomic E-state index is 0.0461. The molecular weight excluding hydrogens is 256 g/mol. The number of benzene rings is 1. The molecule has 0 saturated heterocycles. The molecule has 0 fully saturated rings. The van der Waals surface area contributed by atoms with E-state index in [4.69, 9.17) is 9.47 Å². The Hall–Kier alpha value is -2.56. The van der Waals surface area contributed by atoms with Gasteiger partial charge in [-0.2, -0.15) is 0 Å². The maximum Gasteiger partial charge on any atom is 0.262 e. The number of aryl methyl sites for hydroxylation is 1. The number of amides is 1. The number of carbonyl (C=O) groups is 1. The van der Waals surface area contributed by atoms with Crippen molar-refractivity contribution in [2.75, 3.05) is 19.0 Å². The Kier molecular flexibility index (Phi) is 4.55. The summed E-state index contributed by atoms with van der Waals surface area (Å²) in [6.45, 7) is 1.92. The third-order valence-electron chi connectivity index (χ3n) is 2.59. The molecule has 1 N–H and O–H groups in total. The van der Waals surface area contributed by atoms with E-state index in [1.807, 2.05) is 31.2 Å². The van der Waals surface area contributed by atoms with Gasteiger partial charge in [0.25, 0.3) is 5.91 Å². The summed E-state index contributed by atoms with van der Waals surface area (Å²) in [5, 5.41) is 2.70. The third kappa shape index (κ3) is 3.98. The SMILES string of the molecule is COc1ccc(NC(=O)COc2cccc(C)c2)cn1. The highest BCUT2D eigenvalue weighted by atomic mass is 16.5. The molecule has 0 saturated carbocycles. The normalized spacial score (nSPS) is 9.90. The zero-order chi connectivity index (χ0) is 14.4. The first-order valence-electron chi connectivity index (χ1n) is 6.17. The van der Waals surface area contributed by atoms with Crippen LogP contribution in [0.15, 0.2) is 42.6 Å². The molecule has 1 heterocycles. The van der Waals surface area contributed by atoms with Crippen LogP contribution in [0.1, 0.15) is 5.56 Å². The van der Waals surface area contributed by atoms with Gasteiger partial charge in [0, 0.05) is 6.07 Å². The minimum atomic E-state index is -0.238. The van der Waals surface area contributed by atoms with Gasteiger partial charge in [0.15, 0.2) is 6.61 Å². The second-order valence-electron chi connectivity index (χ2n) is 4.24. The van der Waals surface area contributed by atoms with Gasteiger partial charge < -0.3 is 14.8 Å². The largest absolute Gasteiger partial charge is 0.484 e. The number of anilines is 1. The molecule has 1 aromatic carbocycles. The van der Waals surface area contributed by atoms with E-state index in [1.54, 1.807) is 12.1 Å². The van der Waals surface area contributed by atoms with Crippen LogP contribution < -0.4 is 14.8 Å². The fraction of sp³-hybridized carbons (Fsp3) is 0.200. The maximum atomic E-state index is 11.7. The zero-order valence-corrected chi connectivity index (χ0v) is 11.4. The average Bonchev–Trinajstić information content (AvgIpc) is 2.46. The van der Waals surface area contributed by atoms with Crippen molar-refractivity contribution < 1.29 is 14.3 Å². The fourth-order valence-corrected chi connectivity index (χ4v) is 1.63. The van der Waals surface area contributed by atoms with Gasteiger partial charge in [-0.25, -0.2) is 4.98 Å². The summed E-state index contributed by atoms with van der Waals surface area (Å²) in [4.78, 5) is 15.7. The van der Waals surface area contributed by atoms with Gasteiger partial charge in [0.05, 0.1) is 19.0 Å². The first-order valence-corrected chi connectivity index (χ1v) is 6.17. The average molecular weight is 272 g/mol. The standard InChI is InChI=1S/C15H16N2O3/c1-11-4-3-5-13(8-11)20-10-14(18)17-12-6-7-15(19-2)16-9-12/h3-9H,10H2,1-2H3,(H,17,18). The predicted octanol–water partition coefficient (Wildman–Crippen LogP) is 2.42. The minimum Gasteiger partial charge on any atom is -0.484 e. The summed E-state index contributed by atoms with van der Waals surface area (Å²) in [7, 11) is 1.54. The molecule has 1 aromatic heterocycles. The van der Waals surface area contributed by atoms with Gasteiger partial charge in [-0.05, 0) is 30.7 Å². The summed E-state index contributed by atoms with van der Waals surface area (Å²) in [6, 6.07) is 10.9. The molecule has 0 aliphatic heterocycles. The van der Waals surface area contributed by atoms with Gasteiger partial charge in [-0.15, -0.1) is 0 Å². The van der Waals surface area contributed by atoms with E-state index in [0.29, 0.717) is 17.3 Å². The molecule has 5 nitrogen and oxygen atoms in total. The molecule has 0 spiro atoms. The second-order valence-corrected chi connectivity index (χ2v) is 4.24. The Balaban J connectivity index is 1.85. The Morgan fingerprint density at radius 3 is 2.80 bits per heavy atom. The Bertz CT molecular complexity index is 582. The van der Waals surface area contributed by atoms with E-state index in [2.05, 4.69) is 10.3 Å². The van der Waals surface area contributed by atoms with Crippen molar-refractivity contribution in [1.82, 2.24) is 4.98 Å². The molecule has 0 aliphatic rings. The van der Waals surface area contributed by atoms with Gasteiger partial charge in [-0.1, -0.05) is 12.1 Å². The van der Waals surface area contributed by atoms with E-state index in [-0.39, 0.29) is 12.5 Å². The lowest BCUT2D eigenvalue weighted by molar-refractivity contribution is -0.118. The van der Waals surface area contributed by atoms with Crippen LogP contribution in [0.25, 0.3) is 0 Å². The summed E-state index contributed by atoms with van der Waals surface area (Å²) >= 11 is 0. The highest BCUT2D eigenvalue weighted by Crippen LogP contribution is 2.13. The second kappa shape index (κ2) is 6.56. The highest BCUT2D eigenvalue weighted by Gasteiger charge is 2.04. The molecule has 2 aromatic rings. The number of aromatic nitrogens is 1. The molecule has 0 aliphatic carbocycles. The number of hydrogen-bond donors (Lipinski definition) is 1. The number of hydrogen-bond acceptors (Lipinski definition) is 4. The summed E-state index contributed by atoms with van der Waals surface area (Å²) < 4.78 is 10.4. The van der Waals surface area contributed by atoms with Crippen LogP contribution in [0, 0.1) is 6.92 Å². The van der Waals surface area contributed by atoms with Crippen molar-refractivity contribution in [3.63, 3.8) is 0 Å². The maximum absolute atomic E-state index is 11.7. The van der Waals surface area contributed by atoms with Crippen LogP contribution in [0.2, 0.25) is 0 Å². The summed E-state index contributed by atoms with van der Waals surface area (Å²) in [5.41, 5.74) is 1.69. The van der Waals surface area contributed by atoms with E-state index in [1.165, 1.54) is 13.3 Å². The zero-order valence-electron chi connectivity index (χ0n) is 11.4. The highest BCUT2D eigenvalue weighted by molar-refractivity contribution is 5.91. The molecule has 1 amide bonds. The van der Waals surface area contributed by atoms with Crippen LogP contribution in [0.3, 0.4) is 0 Å². The summed E-state index contributed by atoms with van der Waals surface area (Å²) in [5.74, 6) is 0.936. The van der Waals surface area contributed by atoms with Gasteiger partial charge >= 0.3 is 0 Å². The first-order chi connectivity index (χ1) is 9.67. The molecule has 0 unspecified atom stereocenters. The number of pyridine rings is 1. The Morgan fingerprint density at radius 1 is 1.30 bits per heavy atom. The van der Waals surface area contributed by atoms with Gasteiger partial charge in [0.1, 0.15) is 5.75 Å². The number of nitrogens with one attached hydrogen (secondary N) is 1. The fourth-order valence-electron chi connectivity index (χ4n) is 1.63. The van der Waals surface area contributed by atoms with Crippen molar-refractivity contribution in [2.45, 2.75) is 6.92 Å². The molecule has 20 heavy (non-hydrogen) atoms. The van der Waals surface area contributed by atoms with Crippen LogP contribution >= 0.6 is 0 Å². The number of nitrogens with zero attached hydrogens (tertiary/aromatic N) is 1.